The largest absolute Gasteiger partial charge is 0.317 e. The van der Waals surface area contributed by atoms with Crippen LogP contribution in [0.2, 0.25) is 0 Å². The zero-order chi connectivity index (χ0) is 9.19. The summed E-state index contributed by atoms with van der Waals surface area (Å²) in [6.45, 7) is 9.64. The highest BCUT2D eigenvalue weighted by Gasteiger charge is 2.19. The van der Waals surface area contributed by atoms with Crippen LogP contribution in [-0.4, -0.2) is 14.8 Å². The third-order valence-electron chi connectivity index (χ3n) is 1.75. The summed E-state index contributed by atoms with van der Waals surface area (Å²) >= 11 is 0. The Hall–Kier alpha value is -0.860. The molecule has 0 unspecified atom stereocenters. The van der Waals surface area contributed by atoms with Gasteiger partial charge in [0.1, 0.15) is 12.2 Å². The number of aryl methyl sites for hydroxylation is 1. The minimum Gasteiger partial charge on any atom is -0.317 e. The van der Waals surface area contributed by atoms with Crippen LogP contribution < -0.4 is 0 Å². The Morgan fingerprint density at radius 2 is 2.08 bits per heavy atom. The van der Waals surface area contributed by atoms with E-state index in [2.05, 4.69) is 42.5 Å². The van der Waals surface area contributed by atoms with Crippen LogP contribution >= 0.6 is 0 Å². The first-order valence-electron chi connectivity index (χ1n) is 4.44. The zero-order valence-electron chi connectivity index (χ0n) is 8.33. The minimum absolute atomic E-state index is 0.103. The number of nitrogens with zero attached hydrogens (tertiary/aromatic N) is 3. The minimum atomic E-state index is 0.103. The number of rotatable bonds is 2. The second kappa shape index (κ2) is 3.25. The lowest BCUT2D eigenvalue weighted by Gasteiger charge is -2.17. The molecule has 3 nitrogen and oxygen atoms in total. The summed E-state index contributed by atoms with van der Waals surface area (Å²) in [6, 6.07) is 0. The predicted octanol–water partition coefficient (Wildman–Crippen LogP) is 1.99. The molecule has 0 saturated heterocycles. The molecule has 0 bridgehead atoms. The van der Waals surface area contributed by atoms with Crippen molar-refractivity contribution in [2.45, 2.75) is 46.1 Å². The van der Waals surface area contributed by atoms with Crippen molar-refractivity contribution in [3.05, 3.63) is 12.2 Å². The first-order valence-corrected chi connectivity index (χ1v) is 4.44. The Balaban J connectivity index is 2.91. The molecule has 1 aromatic rings. The van der Waals surface area contributed by atoms with Gasteiger partial charge < -0.3 is 4.57 Å². The van der Waals surface area contributed by atoms with Crippen LogP contribution in [-0.2, 0) is 12.0 Å². The van der Waals surface area contributed by atoms with Gasteiger partial charge in [-0.25, -0.2) is 0 Å². The first-order chi connectivity index (χ1) is 5.55. The van der Waals surface area contributed by atoms with Crippen LogP contribution in [0, 0.1) is 0 Å². The summed E-state index contributed by atoms with van der Waals surface area (Å²) in [7, 11) is 0. The third kappa shape index (κ3) is 1.84. The molecule has 0 amide bonds. The van der Waals surface area contributed by atoms with E-state index in [0.717, 1.165) is 18.8 Å². The summed E-state index contributed by atoms with van der Waals surface area (Å²) in [5, 5.41) is 8.04. The van der Waals surface area contributed by atoms with Gasteiger partial charge in [0, 0.05) is 12.0 Å². The van der Waals surface area contributed by atoms with Crippen molar-refractivity contribution in [1.82, 2.24) is 14.8 Å². The van der Waals surface area contributed by atoms with Crippen molar-refractivity contribution >= 4 is 0 Å². The van der Waals surface area contributed by atoms with Crippen LogP contribution in [0.25, 0.3) is 0 Å². The fourth-order valence-electron chi connectivity index (χ4n) is 1.24. The van der Waals surface area contributed by atoms with Crippen LogP contribution in [0.1, 0.15) is 39.9 Å². The molecule has 0 aliphatic rings. The SMILES string of the molecule is CCCn1cnnc1C(C)(C)C. The van der Waals surface area contributed by atoms with Gasteiger partial charge in [0.25, 0.3) is 0 Å². The zero-order valence-corrected chi connectivity index (χ0v) is 8.33. The van der Waals surface area contributed by atoms with E-state index in [1.54, 1.807) is 0 Å². The lowest BCUT2D eigenvalue weighted by atomic mass is 9.96. The fraction of sp³-hybridized carbons (Fsp3) is 0.778. The Bertz CT molecular complexity index is 245. The summed E-state index contributed by atoms with van der Waals surface area (Å²) < 4.78 is 2.12. The molecule has 1 aromatic heterocycles. The van der Waals surface area contributed by atoms with Gasteiger partial charge in [0.2, 0.25) is 0 Å². The van der Waals surface area contributed by atoms with E-state index in [1.165, 1.54) is 0 Å². The fourth-order valence-corrected chi connectivity index (χ4v) is 1.24. The Morgan fingerprint density at radius 3 is 2.58 bits per heavy atom. The average Bonchev–Trinajstić information content (AvgIpc) is 2.34. The molecule has 0 N–H and O–H groups in total. The van der Waals surface area contributed by atoms with Crippen LogP contribution in [0.3, 0.4) is 0 Å². The van der Waals surface area contributed by atoms with Gasteiger partial charge in [-0.05, 0) is 6.42 Å². The lowest BCUT2D eigenvalue weighted by molar-refractivity contribution is 0.494. The standard InChI is InChI=1S/C9H17N3/c1-5-6-12-7-10-11-8(12)9(2,3)4/h7H,5-6H2,1-4H3. The molecule has 3 heteroatoms. The highest BCUT2D eigenvalue weighted by molar-refractivity contribution is 5.00. The van der Waals surface area contributed by atoms with Crippen molar-refractivity contribution in [1.29, 1.82) is 0 Å². The maximum absolute atomic E-state index is 4.12. The van der Waals surface area contributed by atoms with E-state index in [0.29, 0.717) is 0 Å². The van der Waals surface area contributed by atoms with Gasteiger partial charge in [0.15, 0.2) is 0 Å². The summed E-state index contributed by atoms with van der Waals surface area (Å²) in [4.78, 5) is 0. The molecule has 0 aliphatic heterocycles. The number of hydrogen-bond acceptors (Lipinski definition) is 2. The quantitative estimate of drug-likeness (QED) is 0.674. The third-order valence-corrected chi connectivity index (χ3v) is 1.75. The van der Waals surface area contributed by atoms with Gasteiger partial charge in [0.05, 0.1) is 0 Å². The maximum Gasteiger partial charge on any atom is 0.138 e. The number of hydrogen-bond donors (Lipinski definition) is 0. The van der Waals surface area contributed by atoms with Crippen molar-refractivity contribution < 1.29 is 0 Å². The topological polar surface area (TPSA) is 30.7 Å². The van der Waals surface area contributed by atoms with Gasteiger partial charge in [-0.2, -0.15) is 0 Å². The van der Waals surface area contributed by atoms with Gasteiger partial charge in [-0.1, -0.05) is 27.7 Å². The summed E-state index contributed by atoms with van der Waals surface area (Å²) in [5.41, 5.74) is 0.103. The molecule has 0 atom stereocenters. The first kappa shape index (κ1) is 9.23. The summed E-state index contributed by atoms with van der Waals surface area (Å²) in [5.74, 6) is 1.07. The summed E-state index contributed by atoms with van der Waals surface area (Å²) in [6.07, 6.45) is 2.94. The second-order valence-electron chi connectivity index (χ2n) is 4.10. The maximum atomic E-state index is 4.12. The number of aromatic nitrogens is 3. The molecular weight excluding hydrogens is 150 g/mol. The second-order valence-corrected chi connectivity index (χ2v) is 4.10. The van der Waals surface area contributed by atoms with E-state index in [4.69, 9.17) is 0 Å². The highest BCUT2D eigenvalue weighted by atomic mass is 15.3. The van der Waals surface area contributed by atoms with Crippen LogP contribution in [0.15, 0.2) is 6.33 Å². The molecule has 68 valence electrons. The smallest absolute Gasteiger partial charge is 0.138 e. The van der Waals surface area contributed by atoms with Gasteiger partial charge in [-0.15, -0.1) is 10.2 Å². The molecule has 0 radical (unpaired) electrons. The lowest BCUT2D eigenvalue weighted by Crippen LogP contribution is -2.18. The molecule has 12 heavy (non-hydrogen) atoms. The monoisotopic (exact) mass is 167 g/mol. The van der Waals surface area contributed by atoms with E-state index < -0.39 is 0 Å². The van der Waals surface area contributed by atoms with Gasteiger partial charge >= 0.3 is 0 Å². The average molecular weight is 167 g/mol. The molecule has 1 heterocycles. The van der Waals surface area contributed by atoms with Gasteiger partial charge in [-0.3, -0.25) is 0 Å². The van der Waals surface area contributed by atoms with Crippen molar-refractivity contribution in [2.75, 3.05) is 0 Å². The van der Waals surface area contributed by atoms with Crippen molar-refractivity contribution in [2.24, 2.45) is 0 Å². The van der Waals surface area contributed by atoms with Crippen LogP contribution in [0.4, 0.5) is 0 Å². The molecular formula is C9H17N3. The Labute approximate surface area is 73.8 Å². The Morgan fingerprint density at radius 1 is 1.42 bits per heavy atom. The van der Waals surface area contributed by atoms with Crippen LogP contribution in [0.5, 0.6) is 0 Å². The van der Waals surface area contributed by atoms with E-state index >= 15 is 0 Å². The molecule has 0 saturated carbocycles. The normalized spacial score (nSPS) is 12.0. The van der Waals surface area contributed by atoms with E-state index in [1.807, 2.05) is 6.33 Å². The Kier molecular flexibility index (Phi) is 2.50. The molecule has 0 aliphatic carbocycles. The predicted molar refractivity (Wildman–Crippen MR) is 49.0 cm³/mol. The molecule has 0 fully saturated rings. The highest BCUT2D eigenvalue weighted by Crippen LogP contribution is 2.19. The molecule has 1 rings (SSSR count). The van der Waals surface area contributed by atoms with Crippen molar-refractivity contribution in [3.8, 4) is 0 Å². The van der Waals surface area contributed by atoms with E-state index in [9.17, 15) is 0 Å². The van der Waals surface area contributed by atoms with Crippen molar-refractivity contribution in [3.63, 3.8) is 0 Å². The molecule has 0 spiro atoms. The van der Waals surface area contributed by atoms with E-state index in [-0.39, 0.29) is 5.41 Å². The molecule has 0 aromatic carbocycles.